The average molecular weight is 1120 g/mol. The van der Waals surface area contributed by atoms with Gasteiger partial charge in [-0.25, -0.2) is 4.79 Å². The predicted molar refractivity (Wildman–Crippen MR) is 276 cm³/mol. The first-order chi connectivity index (χ1) is 36.8. The number of aliphatic hydroxyl groups is 15. The van der Waals surface area contributed by atoms with Gasteiger partial charge in [-0.2, -0.15) is 0 Å². The summed E-state index contributed by atoms with van der Waals surface area (Å²) < 4.78 is 23.1. The van der Waals surface area contributed by atoms with Gasteiger partial charge in [0, 0.05) is 44.1 Å². The van der Waals surface area contributed by atoms with E-state index in [1.807, 2.05) is 0 Å². The number of carboxylic acid groups (broad SMARTS) is 1. The van der Waals surface area contributed by atoms with Crippen LogP contribution in [0, 0.1) is 17.8 Å². The molecule has 2 fully saturated rings. The van der Waals surface area contributed by atoms with Gasteiger partial charge in [0.2, 0.25) is 0 Å². The molecule has 0 unspecified atom stereocenters. The Morgan fingerprint density at radius 1 is 0.692 bits per heavy atom. The summed E-state index contributed by atoms with van der Waals surface area (Å²) in [7, 11) is 0. The molecule has 0 aromatic heterocycles. The maximum atomic E-state index is 13.0. The van der Waals surface area contributed by atoms with Gasteiger partial charge in [0.15, 0.2) is 12.1 Å². The number of cyclic esters (lactones) is 1. The lowest BCUT2D eigenvalue weighted by atomic mass is 9.82. The number of carbonyl (C=O) groups excluding carboxylic acids is 2. The molecule has 3 aliphatic heterocycles. The summed E-state index contributed by atoms with van der Waals surface area (Å²) in [4.78, 5) is 38.1. The van der Waals surface area contributed by atoms with Crippen molar-refractivity contribution in [1.82, 2.24) is 10.6 Å². The maximum Gasteiger partial charge on any atom is 0.315 e. The van der Waals surface area contributed by atoms with E-state index in [0.717, 1.165) is 0 Å². The number of hydrogen-bond donors (Lipinski definition) is 18. The number of aliphatic carboxylic acids is 1. The molecule has 2 saturated heterocycles. The Morgan fingerprint density at radius 2 is 1.27 bits per heavy atom. The van der Waals surface area contributed by atoms with E-state index in [2.05, 4.69) is 10.6 Å². The second kappa shape index (κ2) is 34.1. The summed E-state index contributed by atoms with van der Waals surface area (Å²) in [5.74, 6) is -7.24. The number of carbonyl (C=O) groups is 3. The number of ether oxygens (including phenoxy) is 4. The van der Waals surface area contributed by atoms with Crippen LogP contribution in [0.15, 0.2) is 85.1 Å². The Hall–Kier alpha value is -4.33. The molecule has 0 aromatic carbocycles. The predicted octanol–water partition coefficient (Wildman–Crippen LogP) is -2.90. The molecule has 0 saturated carbocycles. The fourth-order valence-electron chi connectivity index (χ4n) is 8.97. The van der Waals surface area contributed by atoms with Crippen LogP contribution < -0.4 is 10.6 Å². The summed E-state index contributed by atoms with van der Waals surface area (Å²) in [5.41, 5.74) is 0. The Bertz CT molecular complexity index is 2020. The SMILES string of the molecule is C[C@H]1/C=C/C=C/C=C/C=C/C=C/C=C/C=C/[C@H](O[C@@H]2O[C@H](C)[C@@H](O)[C@H](NC(=O)NC[C@H](O)[C@@H](O)[C@H](O)[C@H](O)CO)[C@@H]2O)C[C@@H]2O[C@](O)(C[C@@H](O)C[C@@H](O)[C@H](O)CC[C@@H](O)C[C@@H](O)CC(=O)OC[C@H](C)[C@@H]1O)C[C@H](O)[C@H]2C(=O)O. The molecule has 0 aromatic rings. The first-order valence-corrected chi connectivity index (χ1v) is 26.0. The Balaban J connectivity index is 1.90. The molecular formula is C53H84N2O23. The van der Waals surface area contributed by atoms with Crippen molar-refractivity contribution in [2.75, 3.05) is 19.8 Å². The van der Waals surface area contributed by atoms with Crippen molar-refractivity contribution >= 4 is 18.0 Å². The molecule has 2 bridgehead atoms. The van der Waals surface area contributed by atoms with Crippen LogP contribution >= 0.6 is 0 Å². The fourth-order valence-corrected chi connectivity index (χ4v) is 8.97. The van der Waals surface area contributed by atoms with Crippen LogP contribution in [0.4, 0.5) is 4.79 Å². The number of amides is 2. The van der Waals surface area contributed by atoms with Crippen LogP contribution in [0.2, 0.25) is 0 Å². The normalized spacial score (nSPS) is 40.5. The van der Waals surface area contributed by atoms with E-state index in [1.54, 1.807) is 86.8 Å². The molecular weight excluding hydrogens is 1030 g/mol. The molecule has 25 heteroatoms. The number of aliphatic hydroxyl groups excluding tert-OH is 14. The number of nitrogens with one attached hydrogen (secondary N) is 2. The summed E-state index contributed by atoms with van der Waals surface area (Å²) in [5, 5.41) is 173. The minimum Gasteiger partial charge on any atom is -0.481 e. The van der Waals surface area contributed by atoms with Gasteiger partial charge in [0.05, 0.1) is 92.8 Å². The summed E-state index contributed by atoms with van der Waals surface area (Å²) >= 11 is 0. The highest BCUT2D eigenvalue weighted by Gasteiger charge is 2.51. The highest BCUT2D eigenvalue weighted by molar-refractivity contribution is 5.74. The van der Waals surface area contributed by atoms with E-state index in [-0.39, 0.29) is 31.8 Å². The molecule has 25 nitrogen and oxygen atoms in total. The van der Waals surface area contributed by atoms with Gasteiger partial charge in [-0.05, 0) is 26.2 Å². The zero-order chi connectivity index (χ0) is 58.3. The van der Waals surface area contributed by atoms with Gasteiger partial charge in [-0.15, -0.1) is 0 Å². The van der Waals surface area contributed by atoms with E-state index in [1.165, 1.54) is 19.1 Å². The first kappa shape index (κ1) is 67.9. The Kier molecular flexibility index (Phi) is 29.7. The molecule has 3 rings (SSSR count). The highest BCUT2D eigenvalue weighted by Crippen LogP contribution is 2.38. The molecule has 18 N–H and O–H groups in total. The lowest BCUT2D eigenvalue weighted by molar-refractivity contribution is -0.309. The van der Waals surface area contributed by atoms with E-state index in [9.17, 15) is 91.0 Å². The topological polar surface area (TPSA) is 436 Å². The smallest absolute Gasteiger partial charge is 0.315 e. The van der Waals surface area contributed by atoms with E-state index in [4.69, 9.17) is 24.1 Å². The van der Waals surface area contributed by atoms with Gasteiger partial charge >= 0.3 is 18.0 Å². The van der Waals surface area contributed by atoms with Crippen molar-refractivity contribution in [3.05, 3.63) is 85.1 Å². The zero-order valence-electron chi connectivity index (χ0n) is 44.0. The summed E-state index contributed by atoms with van der Waals surface area (Å²) in [6.07, 6.45) is -7.16. The number of rotatable bonds is 10. The third-order valence-electron chi connectivity index (χ3n) is 13.6. The monoisotopic (exact) mass is 1120 g/mol. The number of hydrogen-bond acceptors (Lipinski definition) is 22. The van der Waals surface area contributed by atoms with Gasteiger partial charge < -0.3 is 111 Å². The standard InChI is InChI=1S/C53H84N2O23/c1-29-16-14-12-10-8-6-4-5-7-9-11-13-15-17-35(77-51-49(70)44(46(67)31(3)76-51)55-52(73)54-26-39(63)47(68)48(69)40(64)27-56)23-41-43(50(71)72)38(62)25-53(74,78-41)24-34(59)21-37(61)36(60)19-18-32(57)20-33(58)22-42(65)75-28-30(2)45(29)66/h4-17,29-41,43-49,51,56-64,66-70,74H,18-28H2,1-3H3,(H,71,72)(H2,54,55,73)/b5-4+,8-6+,9-7+,12-10+,13-11+,16-14+,17-15+/t29-,30-,31+,32+,33+,34-,35-,36+,37+,38-,39-,40+,41-,43+,44-,45+,46+,47+,48+,49-,51-,53+/m0/s1. The van der Waals surface area contributed by atoms with E-state index >= 15 is 0 Å². The summed E-state index contributed by atoms with van der Waals surface area (Å²) in [6, 6.07) is -2.66. The number of carboxylic acids is 1. The second-order valence-corrected chi connectivity index (χ2v) is 20.3. The highest BCUT2D eigenvalue weighted by atomic mass is 16.7. The molecule has 22 atom stereocenters. The first-order valence-electron chi connectivity index (χ1n) is 26.0. The Labute approximate surface area is 453 Å². The lowest BCUT2D eigenvalue weighted by Gasteiger charge is -2.45. The minimum absolute atomic E-state index is 0.125. The van der Waals surface area contributed by atoms with Crippen molar-refractivity contribution in [1.29, 1.82) is 0 Å². The van der Waals surface area contributed by atoms with E-state index < -0.39 is 191 Å². The van der Waals surface area contributed by atoms with Gasteiger partial charge in [-0.1, -0.05) is 98.9 Å². The van der Waals surface area contributed by atoms with E-state index in [0.29, 0.717) is 0 Å². The van der Waals surface area contributed by atoms with Crippen LogP contribution in [-0.4, -0.2) is 235 Å². The number of esters is 1. The lowest BCUT2D eigenvalue weighted by Crippen LogP contribution is -2.65. The van der Waals surface area contributed by atoms with Crippen LogP contribution in [0.1, 0.15) is 72.1 Å². The van der Waals surface area contributed by atoms with Crippen molar-refractivity contribution < 1.29 is 115 Å². The van der Waals surface area contributed by atoms with Crippen molar-refractivity contribution in [2.45, 2.75) is 188 Å². The average Bonchev–Trinajstić information content (AvgIpc) is 3.38. The van der Waals surface area contributed by atoms with Crippen LogP contribution in [0.25, 0.3) is 0 Å². The number of urea groups is 1. The van der Waals surface area contributed by atoms with Crippen molar-refractivity contribution in [2.24, 2.45) is 17.8 Å². The molecule has 3 aliphatic rings. The maximum absolute atomic E-state index is 13.0. The van der Waals surface area contributed by atoms with Crippen LogP contribution in [-0.2, 0) is 28.5 Å². The molecule has 0 radical (unpaired) electrons. The summed E-state index contributed by atoms with van der Waals surface area (Å²) in [6.45, 7) is 3.09. The van der Waals surface area contributed by atoms with Crippen LogP contribution in [0.5, 0.6) is 0 Å². The third kappa shape index (κ3) is 23.0. The number of allylic oxidation sites excluding steroid dienone is 12. The third-order valence-corrected chi connectivity index (χ3v) is 13.6. The quantitative estimate of drug-likeness (QED) is 0.0976. The zero-order valence-corrected chi connectivity index (χ0v) is 44.0. The molecule has 78 heavy (non-hydrogen) atoms. The van der Waals surface area contributed by atoms with Gasteiger partial charge in [0.25, 0.3) is 0 Å². The molecule has 444 valence electrons. The van der Waals surface area contributed by atoms with Crippen LogP contribution in [0.3, 0.4) is 0 Å². The fraction of sp³-hybridized carbons (Fsp3) is 0.679. The molecule has 0 spiro atoms. The second-order valence-electron chi connectivity index (χ2n) is 20.3. The van der Waals surface area contributed by atoms with Crippen molar-refractivity contribution in [3.63, 3.8) is 0 Å². The largest absolute Gasteiger partial charge is 0.481 e. The molecule has 0 aliphatic carbocycles. The Morgan fingerprint density at radius 3 is 1.86 bits per heavy atom. The minimum atomic E-state index is -2.45. The van der Waals surface area contributed by atoms with Gasteiger partial charge in [0.1, 0.15) is 36.4 Å². The molecule has 3 heterocycles. The van der Waals surface area contributed by atoms with Crippen molar-refractivity contribution in [3.8, 4) is 0 Å². The number of fused-ring (bicyclic) bond motifs is 2. The van der Waals surface area contributed by atoms with Gasteiger partial charge in [-0.3, -0.25) is 9.59 Å². The molecule has 2 amide bonds.